The van der Waals surface area contributed by atoms with Crippen molar-refractivity contribution < 1.29 is 15.0 Å². The Morgan fingerprint density at radius 2 is 2.00 bits per heavy atom. The molecular formula is C6H13NO3. The van der Waals surface area contributed by atoms with Crippen molar-refractivity contribution >= 4 is 5.91 Å². The first kappa shape index (κ1) is 9.39. The third-order valence-corrected chi connectivity index (χ3v) is 1.00. The van der Waals surface area contributed by atoms with E-state index in [4.69, 9.17) is 10.2 Å². The van der Waals surface area contributed by atoms with Crippen LogP contribution in [0.2, 0.25) is 0 Å². The molecule has 0 bridgehead atoms. The highest BCUT2D eigenvalue weighted by Gasteiger charge is 2.05. The van der Waals surface area contributed by atoms with Crippen molar-refractivity contribution in [2.75, 3.05) is 19.8 Å². The molecule has 0 aromatic heterocycles. The van der Waals surface area contributed by atoms with Gasteiger partial charge >= 0.3 is 0 Å². The number of aliphatic hydroxyl groups excluding tert-OH is 2. The minimum Gasteiger partial charge on any atom is -0.394 e. The van der Waals surface area contributed by atoms with E-state index in [0.717, 1.165) is 19.4 Å². The fraction of sp³-hybridized carbons (Fsp3) is 0.833. The van der Waals surface area contributed by atoms with E-state index in [0.29, 0.717) is 0 Å². The largest absolute Gasteiger partial charge is 0.394 e. The van der Waals surface area contributed by atoms with Gasteiger partial charge in [-0.25, -0.2) is 0 Å². The zero-order valence-corrected chi connectivity index (χ0v) is 5.84. The van der Waals surface area contributed by atoms with Gasteiger partial charge in [-0.05, 0) is 6.42 Å². The molecule has 0 aromatic rings. The molecule has 0 aliphatic carbocycles. The van der Waals surface area contributed by atoms with Crippen LogP contribution in [0.4, 0.5) is 0 Å². The summed E-state index contributed by atoms with van der Waals surface area (Å²) in [6, 6.07) is 0. The van der Waals surface area contributed by atoms with E-state index in [1.165, 1.54) is 0 Å². The van der Waals surface area contributed by atoms with Gasteiger partial charge in [0.25, 0.3) is 0 Å². The van der Waals surface area contributed by atoms with E-state index >= 15 is 0 Å². The van der Waals surface area contributed by atoms with Crippen molar-refractivity contribution in [3.05, 3.63) is 0 Å². The van der Waals surface area contributed by atoms with Crippen LogP contribution in [-0.2, 0) is 4.79 Å². The molecule has 3 N–H and O–H groups in total. The molecule has 1 heterocycles. The van der Waals surface area contributed by atoms with Crippen molar-refractivity contribution in [1.82, 2.24) is 5.32 Å². The minimum absolute atomic E-state index is 0.125. The quantitative estimate of drug-likeness (QED) is 0.439. The van der Waals surface area contributed by atoms with Crippen LogP contribution in [0.5, 0.6) is 0 Å². The third-order valence-electron chi connectivity index (χ3n) is 1.00. The summed E-state index contributed by atoms with van der Waals surface area (Å²) in [6.07, 6.45) is 1.76. The van der Waals surface area contributed by atoms with Crippen LogP contribution in [0.25, 0.3) is 0 Å². The van der Waals surface area contributed by atoms with Gasteiger partial charge in [0.2, 0.25) is 5.91 Å². The molecule has 1 amide bonds. The Bertz CT molecular complexity index is 85.0. The summed E-state index contributed by atoms with van der Waals surface area (Å²) in [6.45, 7) is 0.638. The molecule has 60 valence electrons. The first-order chi connectivity index (χ1) is 4.81. The number of carbonyl (C=O) groups is 1. The van der Waals surface area contributed by atoms with Crippen molar-refractivity contribution in [2.45, 2.75) is 12.8 Å². The molecule has 1 fully saturated rings. The Morgan fingerprint density at radius 1 is 1.40 bits per heavy atom. The molecule has 1 rings (SSSR count). The molecule has 0 unspecified atom stereocenters. The standard InChI is InChI=1S/C4H7NO.C2H6O2/c6-4-2-1-3-5-4;3-1-2-4/h1-3H2,(H,5,6);3-4H,1-2H2. The van der Waals surface area contributed by atoms with Gasteiger partial charge in [0.05, 0.1) is 13.2 Å². The number of amides is 1. The number of rotatable bonds is 1. The second-order valence-corrected chi connectivity index (χ2v) is 1.90. The molecule has 0 saturated carbocycles. The zero-order chi connectivity index (χ0) is 7.82. The van der Waals surface area contributed by atoms with Gasteiger partial charge in [0.15, 0.2) is 0 Å². The second-order valence-electron chi connectivity index (χ2n) is 1.90. The van der Waals surface area contributed by atoms with Crippen LogP contribution >= 0.6 is 0 Å². The van der Waals surface area contributed by atoms with E-state index in [-0.39, 0.29) is 19.1 Å². The summed E-state index contributed by atoms with van der Waals surface area (Å²) in [5.41, 5.74) is 0. The Morgan fingerprint density at radius 3 is 2.10 bits per heavy atom. The Labute approximate surface area is 59.9 Å². The summed E-state index contributed by atoms with van der Waals surface area (Å²) in [5.74, 6) is 0.204. The predicted molar refractivity (Wildman–Crippen MR) is 36.4 cm³/mol. The first-order valence-corrected chi connectivity index (χ1v) is 3.29. The third kappa shape index (κ3) is 5.53. The van der Waals surface area contributed by atoms with Crippen LogP contribution in [0, 0.1) is 0 Å². The Kier molecular flexibility index (Phi) is 6.11. The smallest absolute Gasteiger partial charge is 0.220 e. The zero-order valence-electron chi connectivity index (χ0n) is 5.84. The molecule has 1 aliphatic heterocycles. The van der Waals surface area contributed by atoms with Gasteiger partial charge in [-0.3, -0.25) is 4.79 Å². The fourth-order valence-electron chi connectivity index (χ4n) is 0.565. The van der Waals surface area contributed by atoms with Crippen LogP contribution in [0.1, 0.15) is 12.8 Å². The summed E-state index contributed by atoms with van der Waals surface area (Å²) < 4.78 is 0. The van der Waals surface area contributed by atoms with Crippen molar-refractivity contribution in [3.8, 4) is 0 Å². The molecule has 1 saturated heterocycles. The molecule has 0 radical (unpaired) electrons. The summed E-state index contributed by atoms with van der Waals surface area (Å²) in [4.78, 5) is 10.1. The molecule has 4 heteroatoms. The predicted octanol–water partition coefficient (Wildman–Crippen LogP) is -1.13. The van der Waals surface area contributed by atoms with E-state index in [2.05, 4.69) is 5.32 Å². The van der Waals surface area contributed by atoms with Crippen molar-refractivity contribution in [1.29, 1.82) is 0 Å². The number of hydrogen-bond acceptors (Lipinski definition) is 3. The van der Waals surface area contributed by atoms with E-state index in [1.807, 2.05) is 0 Å². The van der Waals surface area contributed by atoms with Crippen LogP contribution in [-0.4, -0.2) is 35.9 Å². The monoisotopic (exact) mass is 147 g/mol. The fourth-order valence-corrected chi connectivity index (χ4v) is 0.565. The average Bonchev–Trinajstić information content (AvgIpc) is 2.40. The van der Waals surface area contributed by atoms with E-state index in [9.17, 15) is 4.79 Å². The SMILES string of the molecule is O=C1CCCN1.OCCO. The Hall–Kier alpha value is -0.610. The molecule has 0 atom stereocenters. The van der Waals surface area contributed by atoms with Gasteiger partial charge in [-0.2, -0.15) is 0 Å². The number of nitrogens with one attached hydrogen (secondary N) is 1. The second kappa shape index (κ2) is 6.51. The van der Waals surface area contributed by atoms with Crippen molar-refractivity contribution in [3.63, 3.8) is 0 Å². The maximum Gasteiger partial charge on any atom is 0.220 e. The van der Waals surface area contributed by atoms with E-state index in [1.54, 1.807) is 0 Å². The first-order valence-electron chi connectivity index (χ1n) is 3.29. The van der Waals surface area contributed by atoms with Gasteiger partial charge in [0.1, 0.15) is 0 Å². The Balaban J connectivity index is 0.000000180. The maximum absolute atomic E-state index is 10.1. The highest BCUT2D eigenvalue weighted by Crippen LogP contribution is 1.93. The number of carbonyl (C=O) groups excluding carboxylic acids is 1. The molecule has 10 heavy (non-hydrogen) atoms. The maximum atomic E-state index is 10.1. The lowest BCUT2D eigenvalue weighted by atomic mass is 10.4. The van der Waals surface area contributed by atoms with Gasteiger partial charge in [0, 0.05) is 13.0 Å². The summed E-state index contributed by atoms with van der Waals surface area (Å²) in [7, 11) is 0. The molecule has 1 aliphatic rings. The molecular weight excluding hydrogens is 134 g/mol. The topological polar surface area (TPSA) is 69.6 Å². The van der Waals surface area contributed by atoms with Crippen LogP contribution < -0.4 is 5.32 Å². The normalized spacial score (nSPS) is 15.6. The average molecular weight is 147 g/mol. The van der Waals surface area contributed by atoms with Gasteiger partial charge in [-0.1, -0.05) is 0 Å². The molecule has 4 nitrogen and oxygen atoms in total. The molecule has 0 aromatic carbocycles. The summed E-state index contributed by atoms with van der Waals surface area (Å²) in [5, 5.41) is 17.9. The highest BCUT2D eigenvalue weighted by molar-refractivity contribution is 5.77. The lowest BCUT2D eigenvalue weighted by molar-refractivity contribution is -0.119. The highest BCUT2D eigenvalue weighted by atomic mass is 16.3. The minimum atomic E-state index is -0.125. The summed E-state index contributed by atoms with van der Waals surface area (Å²) >= 11 is 0. The van der Waals surface area contributed by atoms with Crippen molar-refractivity contribution in [2.24, 2.45) is 0 Å². The number of aliphatic hydroxyl groups is 2. The van der Waals surface area contributed by atoms with Crippen LogP contribution in [0.15, 0.2) is 0 Å². The van der Waals surface area contributed by atoms with E-state index < -0.39 is 0 Å². The number of hydrogen-bond donors (Lipinski definition) is 3. The lowest BCUT2D eigenvalue weighted by Crippen LogP contribution is -2.12. The lowest BCUT2D eigenvalue weighted by Gasteiger charge is -1.80. The van der Waals surface area contributed by atoms with Gasteiger partial charge in [-0.15, -0.1) is 0 Å². The van der Waals surface area contributed by atoms with Crippen LogP contribution in [0.3, 0.4) is 0 Å². The molecule has 0 spiro atoms. The van der Waals surface area contributed by atoms with Gasteiger partial charge < -0.3 is 15.5 Å².